The highest BCUT2D eigenvalue weighted by molar-refractivity contribution is 6.31. The Balaban J connectivity index is 1.91. The van der Waals surface area contributed by atoms with Crippen LogP contribution in [0.4, 0.5) is 0 Å². The average molecular weight is 353 g/mol. The van der Waals surface area contributed by atoms with Gasteiger partial charge in [0.05, 0.1) is 18.4 Å². The molecule has 0 saturated heterocycles. The Kier molecular flexibility index (Phi) is 4.06. The fourth-order valence-corrected chi connectivity index (χ4v) is 3.79. The summed E-state index contributed by atoms with van der Waals surface area (Å²) >= 11 is 6.22. The smallest absolute Gasteiger partial charge is 0.278 e. The Bertz CT molecular complexity index is 1060. The number of benzene rings is 1. The number of nitriles is 1. The van der Waals surface area contributed by atoms with Gasteiger partial charge in [-0.3, -0.25) is 9.36 Å². The molecule has 0 saturated carbocycles. The molecule has 0 amide bonds. The summed E-state index contributed by atoms with van der Waals surface area (Å²) in [5.41, 5.74) is 3.34. The molecule has 5 nitrogen and oxygen atoms in total. The largest absolute Gasteiger partial charge is 0.337 e. The lowest BCUT2D eigenvalue weighted by Gasteiger charge is -2.09. The van der Waals surface area contributed by atoms with Crippen molar-refractivity contribution in [2.75, 3.05) is 0 Å². The summed E-state index contributed by atoms with van der Waals surface area (Å²) in [4.78, 5) is 17.6. The Morgan fingerprint density at radius 1 is 1.24 bits per heavy atom. The van der Waals surface area contributed by atoms with E-state index in [2.05, 4.69) is 11.1 Å². The van der Waals surface area contributed by atoms with Gasteiger partial charge in [0.2, 0.25) is 0 Å². The minimum Gasteiger partial charge on any atom is -0.337 e. The molecule has 3 heterocycles. The first-order chi connectivity index (χ1) is 12.2. The van der Waals surface area contributed by atoms with Crippen LogP contribution in [0.3, 0.4) is 0 Å². The van der Waals surface area contributed by atoms with Crippen LogP contribution in [0.15, 0.2) is 35.4 Å². The molecule has 1 aliphatic heterocycles. The zero-order chi connectivity index (χ0) is 17.4. The van der Waals surface area contributed by atoms with Crippen LogP contribution >= 0.6 is 11.6 Å². The second kappa shape index (κ2) is 6.38. The van der Waals surface area contributed by atoms with Gasteiger partial charge in [-0.2, -0.15) is 5.26 Å². The summed E-state index contributed by atoms with van der Waals surface area (Å²) in [6, 6.07) is 9.73. The van der Waals surface area contributed by atoms with Gasteiger partial charge < -0.3 is 4.57 Å². The number of fused-ring (bicyclic) bond motifs is 3. The van der Waals surface area contributed by atoms with E-state index in [9.17, 15) is 10.1 Å². The van der Waals surface area contributed by atoms with E-state index >= 15 is 0 Å². The van der Waals surface area contributed by atoms with Crippen LogP contribution in [0, 0.1) is 11.3 Å². The quantitative estimate of drug-likeness (QED) is 0.709. The summed E-state index contributed by atoms with van der Waals surface area (Å²) in [5.74, 6) is 0. The number of hydrogen-bond acceptors (Lipinski definition) is 3. The van der Waals surface area contributed by atoms with Crippen LogP contribution < -0.4 is 5.56 Å². The van der Waals surface area contributed by atoms with E-state index in [1.54, 1.807) is 4.57 Å². The molecule has 0 N–H and O–H groups in total. The zero-order valence-corrected chi connectivity index (χ0v) is 14.5. The molecule has 25 heavy (non-hydrogen) atoms. The van der Waals surface area contributed by atoms with E-state index in [4.69, 9.17) is 11.6 Å². The molecule has 0 aliphatic carbocycles. The standard InChI is InChI=1S/C19H17ClN4O/c20-15-7-4-3-6-13(15)11-23-12-22-17-14(10-21)16-8-2-1-5-9-24(16)18(17)19(23)25/h3-4,6-7,12H,1-2,5,8-9,11H2. The van der Waals surface area contributed by atoms with Crippen LogP contribution in [0.1, 0.15) is 36.1 Å². The van der Waals surface area contributed by atoms with Crippen LogP contribution in [0.25, 0.3) is 11.0 Å². The van der Waals surface area contributed by atoms with Crippen molar-refractivity contribution in [3.05, 3.63) is 62.8 Å². The molecule has 0 bridgehead atoms. The summed E-state index contributed by atoms with van der Waals surface area (Å²) in [6.45, 7) is 1.13. The third kappa shape index (κ3) is 2.63. The van der Waals surface area contributed by atoms with Crippen LogP contribution in [-0.2, 0) is 19.5 Å². The molecule has 6 heteroatoms. The van der Waals surface area contributed by atoms with Gasteiger partial charge in [-0.1, -0.05) is 36.2 Å². The van der Waals surface area contributed by atoms with E-state index < -0.39 is 0 Å². The van der Waals surface area contributed by atoms with E-state index in [0.29, 0.717) is 28.2 Å². The molecular formula is C19H17ClN4O. The van der Waals surface area contributed by atoms with Crippen molar-refractivity contribution in [2.24, 2.45) is 0 Å². The highest BCUT2D eigenvalue weighted by Crippen LogP contribution is 2.26. The average Bonchev–Trinajstić information content (AvgIpc) is 2.75. The molecular weight excluding hydrogens is 336 g/mol. The second-order valence-corrected chi connectivity index (χ2v) is 6.77. The van der Waals surface area contributed by atoms with Crippen molar-refractivity contribution < 1.29 is 0 Å². The van der Waals surface area contributed by atoms with Gasteiger partial charge in [0.1, 0.15) is 17.1 Å². The summed E-state index contributed by atoms with van der Waals surface area (Å²) in [7, 11) is 0. The molecule has 126 valence electrons. The Hall–Kier alpha value is -2.58. The predicted octanol–water partition coefficient (Wildman–Crippen LogP) is 3.50. The number of aryl methyl sites for hydroxylation is 1. The number of rotatable bonds is 2. The Morgan fingerprint density at radius 3 is 2.88 bits per heavy atom. The third-order valence-electron chi connectivity index (χ3n) is 4.84. The first kappa shape index (κ1) is 15.9. The van der Waals surface area contributed by atoms with Gasteiger partial charge >= 0.3 is 0 Å². The number of nitrogens with zero attached hydrogens (tertiary/aromatic N) is 4. The minimum atomic E-state index is -0.116. The number of halogens is 1. The maximum Gasteiger partial charge on any atom is 0.278 e. The zero-order valence-electron chi connectivity index (χ0n) is 13.7. The summed E-state index contributed by atoms with van der Waals surface area (Å²) < 4.78 is 3.59. The van der Waals surface area contributed by atoms with Crippen LogP contribution in [0.5, 0.6) is 0 Å². The molecule has 0 spiro atoms. The normalized spacial score (nSPS) is 14.1. The lowest BCUT2D eigenvalue weighted by molar-refractivity contribution is 0.642. The monoisotopic (exact) mass is 352 g/mol. The molecule has 0 radical (unpaired) electrons. The third-order valence-corrected chi connectivity index (χ3v) is 5.21. The number of hydrogen-bond donors (Lipinski definition) is 0. The minimum absolute atomic E-state index is 0.116. The van der Waals surface area contributed by atoms with Gasteiger partial charge in [0.15, 0.2) is 0 Å². The number of aromatic nitrogens is 3. The molecule has 0 unspecified atom stereocenters. The summed E-state index contributed by atoms with van der Waals surface area (Å²) in [6.07, 6.45) is 5.51. The molecule has 1 aliphatic rings. The van der Waals surface area contributed by atoms with Crippen molar-refractivity contribution in [1.82, 2.24) is 14.1 Å². The van der Waals surface area contributed by atoms with Gasteiger partial charge in [-0.15, -0.1) is 0 Å². The van der Waals surface area contributed by atoms with E-state index in [-0.39, 0.29) is 5.56 Å². The van der Waals surface area contributed by atoms with Gasteiger partial charge in [-0.25, -0.2) is 4.98 Å². The maximum atomic E-state index is 13.1. The van der Waals surface area contributed by atoms with Crippen molar-refractivity contribution in [1.29, 1.82) is 5.26 Å². The molecule has 3 aromatic rings. The topological polar surface area (TPSA) is 63.6 Å². The van der Waals surface area contributed by atoms with Crippen molar-refractivity contribution >= 4 is 22.6 Å². The van der Waals surface area contributed by atoms with Crippen molar-refractivity contribution in [3.63, 3.8) is 0 Å². The van der Waals surface area contributed by atoms with Crippen LogP contribution in [-0.4, -0.2) is 14.1 Å². The van der Waals surface area contributed by atoms with E-state index in [0.717, 1.165) is 43.5 Å². The SMILES string of the molecule is N#Cc1c2n(c3c(=O)n(Cc4ccccc4Cl)cnc13)CCCCC2. The highest BCUT2D eigenvalue weighted by atomic mass is 35.5. The van der Waals surface area contributed by atoms with Crippen LogP contribution in [0.2, 0.25) is 5.02 Å². The lowest BCUT2D eigenvalue weighted by atomic mass is 10.1. The fourth-order valence-electron chi connectivity index (χ4n) is 3.60. The molecule has 4 rings (SSSR count). The van der Waals surface area contributed by atoms with E-state index in [1.807, 2.05) is 28.8 Å². The Morgan fingerprint density at radius 2 is 2.08 bits per heavy atom. The second-order valence-electron chi connectivity index (χ2n) is 6.36. The lowest BCUT2D eigenvalue weighted by Crippen LogP contribution is -2.23. The first-order valence-electron chi connectivity index (χ1n) is 8.44. The van der Waals surface area contributed by atoms with E-state index in [1.165, 1.54) is 6.33 Å². The maximum absolute atomic E-state index is 13.1. The predicted molar refractivity (Wildman–Crippen MR) is 96.8 cm³/mol. The molecule has 0 fully saturated rings. The Labute approximate surface area is 150 Å². The molecule has 1 aromatic carbocycles. The van der Waals surface area contributed by atoms with Gasteiger partial charge in [0, 0.05) is 17.3 Å². The highest BCUT2D eigenvalue weighted by Gasteiger charge is 2.22. The van der Waals surface area contributed by atoms with Gasteiger partial charge in [0.25, 0.3) is 5.56 Å². The summed E-state index contributed by atoms with van der Waals surface area (Å²) in [5, 5.41) is 10.2. The van der Waals surface area contributed by atoms with Crippen molar-refractivity contribution in [3.8, 4) is 6.07 Å². The molecule has 0 atom stereocenters. The first-order valence-corrected chi connectivity index (χ1v) is 8.82. The molecule has 2 aromatic heterocycles. The van der Waals surface area contributed by atoms with Crippen molar-refractivity contribution in [2.45, 2.75) is 38.8 Å². The van der Waals surface area contributed by atoms with Gasteiger partial charge in [-0.05, 0) is 30.9 Å². The fraction of sp³-hybridized carbons (Fsp3) is 0.316.